The summed E-state index contributed by atoms with van der Waals surface area (Å²) in [7, 11) is 0. The fraction of sp³-hybridized carbons (Fsp3) is 0.583. The molecule has 0 atom stereocenters. The predicted molar refractivity (Wildman–Crippen MR) is 123 cm³/mol. The minimum absolute atomic E-state index is 0.00370. The Morgan fingerprint density at radius 2 is 1.71 bits per heavy atom. The van der Waals surface area contributed by atoms with Gasteiger partial charge in [-0.15, -0.1) is 0 Å². The Morgan fingerprint density at radius 1 is 1.06 bits per heavy atom. The minimum atomic E-state index is -4.43. The van der Waals surface area contributed by atoms with E-state index in [1.165, 1.54) is 37.7 Å². The lowest BCUT2D eigenvalue weighted by Gasteiger charge is -2.44. The van der Waals surface area contributed by atoms with Gasteiger partial charge in [-0.1, -0.05) is 0 Å². The van der Waals surface area contributed by atoms with E-state index < -0.39 is 17.6 Å². The van der Waals surface area contributed by atoms with E-state index in [2.05, 4.69) is 15.2 Å². The average molecular weight is 480 g/mol. The first-order valence-corrected chi connectivity index (χ1v) is 11.8. The minimum Gasteiger partial charge on any atom is -0.387 e. The predicted octanol–water partition coefficient (Wildman–Crippen LogP) is 3.07. The van der Waals surface area contributed by atoms with E-state index in [0.717, 1.165) is 56.9 Å². The largest absolute Gasteiger partial charge is 0.416 e. The fourth-order valence-corrected chi connectivity index (χ4v) is 4.58. The van der Waals surface area contributed by atoms with Crippen LogP contribution in [-0.2, 0) is 15.7 Å². The summed E-state index contributed by atoms with van der Waals surface area (Å²) in [4.78, 5) is 18.7. The summed E-state index contributed by atoms with van der Waals surface area (Å²) in [5, 5.41) is 3.25. The van der Waals surface area contributed by atoms with Crippen LogP contribution in [-0.4, -0.2) is 54.5 Å². The number of carbonyl (C=O) groups excluding carboxylic acids is 1. The van der Waals surface area contributed by atoms with Crippen LogP contribution in [0.4, 0.5) is 18.9 Å². The van der Waals surface area contributed by atoms with Crippen LogP contribution in [0, 0.1) is 5.92 Å². The number of halogens is 3. The molecule has 4 rings (SSSR count). The molecular formula is C24H32F3N5O2. The lowest BCUT2D eigenvalue weighted by molar-refractivity contribution is -0.137. The van der Waals surface area contributed by atoms with Gasteiger partial charge in [-0.2, -0.15) is 13.2 Å². The van der Waals surface area contributed by atoms with Crippen LogP contribution in [0.2, 0.25) is 0 Å². The SMILES string of the molecule is NC(=O)/C(=C/NC1CCC(N(CC2CC2)C2COC2)CC1)C(N)=Nc1ccc(C(F)(F)F)cc1. The smallest absolute Gasteiger partial charge is 0.387 e. The molecule has 5 N–H and O–H groups in total. The second-order valence-electron chi connectivity index (χ2n) is 9.47. The summed E-state index contributed by atoms with van der Waals surface area (Å²) in [5.74, 6) is -0.0617. The van der Waals surface area contributed by atoms with Crippen LogP contribution < -0.4 is 16.8 Å². The van der Waals surface area contributed by atoms with Crippen molar-refractivity contribution in [2.24, 2.45) is 22.4 Å². The van der Waals surface area contributed by atoms with Gasteiger partial charge < -0.3 is 21.5 Å². The van der Waals surface area contributed by atoms with Gasteiger partial charge in [0.25, 0.3) is 5.91 Å². The fourth-order valence-electron chi connectivity index (χ4n) is 4.58. The molecule has 7 nitrogen and oxygen atoms in total. The third kappa shape index (κ3) is 6.29. The Morgan fingerprint density at radius 3 is 2.21 bits per heavy atom. The third-order valence-electron chi connectivity index (χ3n) is 6.87. The van der Waals surface area contributed by atoms with Crippen LogP contribution in [0.15, 0.2) is 41.0 Å². The molecule has 0 unspecified atom stereocenters. The van der Waals surface area contributed by atoms with E-state index >= 15 is 0 Å². The lowest BCUT2D eigenvalue weighted by atomic mass is 9.89. The Hall–Kier alpha value is -2.59. The molecule has 3 fully saturated rings. The maximum atomic E-state index is 12.7. The van der Waals surface area contributed by atoms with Crippen molar-refractivity contribution in [3.8, 4) is 0 Å². The van der Waals surface area contributed by atoms with Crippen LogP contribution in [0.5, 0.6) is 0 Å². The molecule has 1 amide bonds. The Balaban J connectivity index is 1.34. The number of nitrogens with one attached hydrogen (secondary N) is 1. The number of ether oxygens (including phenoxy) is 1. The van der Waals surface area contributed by atoms with Crippen molar-refractivity contribution in [3.63, 3.8) is 0 Å². The number of primary amides is 1. The summed E-state index contributed by atoms with van der Waals surface area (Å²) in [6.45, 7) is 2.82. The van der Waals surface area contributed by atoms with Crippen molar-refractivity contribution in [1.29, 1.82) is 0 Å². The molecule has 34 heavy (non-hydrogen) atoms. The molecule has 0 radical (unpaired) electrons. The van der Waals surface area contributed by atoms with Crippen molar-refractivity contribution >= 4 is 17.4 Å². The highest BCUT2D eigenvalue weighted by Crippen LogP contribution is 2.35. The summed E-state index contributed by atoms with van der Waals surface area (Å²) in [6, 6.07) is 5.51. The van der Waals surface area contributed by atoms with E-state index in [0.29, 0.717) is 12.1 Å². The highest BCUT2D eigenvalue weighted by atomic mass is 19.4. The maximum absolute atomic E-state index is 12.7. The van der Waals surface area contributed by atoms with Crippen molar-refractivity contribution in [3.05, 3.63) is 41.6 Å². The molecule has 1 saturated heterocycles. The molecule has 1 heterocycles. The zero-order valence-electron chi connectivity index (χ0n) is 19.1. The standard InChI is InChI=1S/C24H32F3N5O2/c25-24(26,27)16-3-5-18(6-4-16)31-22(28)21(23(29)33)11-30-17-7-9-19(10-8-17)32(12-15-1-2-15)20-13-34-14-20/h3-6,11,15,17,19-20,30H,1-2,7-10,12-14H2,(H2,28,31)(H2,29,33)/b21-11+. The van der Waals surface area contributed by atoms with E-state index in [9.17, 15) is 18.0 Å². The van der Waals surface area contributed by atoms with Crippen LogP contribution in [0.25, 0.3) is 0 Å². The maximum Gasteiger partial charge on any atom is 0.416 e. The number of amidine groups is 1. The molecule has 0 spiro atoms. The number of rotatable bonds is 9. The Kier molecular flexibility index (Phi) is 7.47. The quantitative estimate of drug-likeness (QED) is 0.287. The molecule has 10 heteroatoms. The molecule has 2 saturated carbocycles. The summed E-state index contributed by atoms with van der Waals surface area (Å²) >= 11 is 0. The van der Waals surface area contributed by atoms with Crippen LogP contribution in [0.3, 0.4) is 0 Å². The first-order valence-electron chi connectivity index (χ1n) is 11.8. The van der Waals surface area contributed by atoms with Crippen molar-refractivity contribution in [2.75, 3.05) is 19.8 Å². The molecule has 1 aromatic rings. The molecule has 186 valence electrons. The summed E-state index contributed by atoms with van der Waals surface area (Å²) in [6.07, 6.45) is 3.75. The number of alkyl halides is 3. The molecular weight excluding hydrogens is 447 g/mol. The van der Waals surface area contributed by atoms with Crippen molar-refractivity contribution in [1.82, 2.24) is 10.2 Å². The van der Waals surface area contributed by atoms with Gasteiger partial charge in [0.2, 0.25) is 0 Å². The van der Waals surface area contributed by atoms with Gasteiger partial charge >= 0.3 is 6.18 Å². The van der Waals surface area contributed by atoms with Crippen molar-refractivity contribution in [2.45, 2.75) is 62.8 Å². The third-order valence-corrected chi connectivity index (χ3v) is 6.87. The zero-order chi connectivity index (χ0) is 24.3. The Bertz CT molecular complexity index is 916. The lowest BCUT2D eigenvalue weighted by Crippen LogP contribution is -2.55. The van der Waals surface area contributed by atoms with Gasteiger partial charge in [0.1, 0.15) is 5.84 Å². The monoisotopic (exact) mass is 479 g/mol. The number of benzene rings is 1. The van der Waals surface area contributed by atoms with Crippen LogP contribution >= 0.6 is 0 Å². The van der Waals surface area contributed by atoms with E-state index in [1.807, 2.05) is 0 Å². The number of aliphatic imine (C=N–C) groups is 1. The molecule has 1 aromatic carbocycles. The number of nitrogens with zero attached hydrogens (tertiary/aromatic N) is 2. The molecule has 1 aliphatic heterocycles. The number of carbonyl (C=O) groups is 1. The highest BCUT2D eigenvalue weighted by Gasteiger charge is 2.37. The molecule has 3 aliphatic rings. The number of amides is 1. The average Bonchev–Trinajstić information content (AvgIpc) is 3.56. The van der Waals surface area contributed by atoms with Gasteiger partial charge in [-0.05, 0) is 68.7 Å². The number of hydrogen-bond donors (Lipinski definition) is 3. The Labute approximate surface area is 197 Å². The van der Waals surface area contributed by atoms with Crippen molar-refractivity contribution < 1.29 is 22.7 Å². The first kappa shape index (κ1) is 24.5. The van der Waals surface area contributed by atoms with E-state index in [-0.39, 0.29) is 23.1 Å². The normalized spacial score (nSPS) is 24.7. The second-order valence-corrected chi connectivity index (χ2v) is 9.47. The van der Waals surface area contributed by atoms with Gasteiger partial charge in [-0.3, -0.25) is 9.69 Å². The van der Waals surface area contributed by atoms with E-state index in [4.69, 9.17) is 16.2 Å². The number of hydrogen-bond acceptors (Lipinski definition) is 5. The molecule has 0 aromatic heterocycles. The van der Waals surface area contributed by atoms with Gasteiger partial charge in [0, 0.05) is 24.8 Å². The topological polar surface area (TPSA) is 106 Å². The van der Waals surface area contributed by atoms with Crippen LogP contribution in [0.1, 0.15) is 44.1 Å². The first-order chi connectivity index (χ1) is 16.2. The highest BCUT2D eigenvalue weighted by molar-refractivity contribution is 6.20. The van der Waals surface area contributed by atoms with Gasteiger partial charge in [0.05, 0.1) is 36.1 Å². The second kappa shape index (κ2) is 10.4. The molecule has 2 aliphatic carbocycles. The summed E-state index contributed by atoms with van der Waals surface area (Å²) in [5.41, 5.74) is 10.9. The van der Waals surface area contributed by atoms with Gasteiger partial charge in [-0.25, -0.2) is 4.99 Å². The zero-order valence-corrected chi connectivity index (χ0v) is 19.1. The summed E-state index contributed by atoms with van der Waals surface area (Å²) < 4.78 is 43.6. The van der Waals surface area contributed by atoms with E-state index in [1.54, 1.807) is 0 Å². The van der Waals surface area contributed by atoms with Gasteiger partial charge in [0.15, 0.2) is 0 Å². The molecule has 0 bridgehead atoms. The number of nitrogens with two attached hydrogens (primary N) is 2.